The zero-order valence-electron chi connectivity index (χ0n) is 18.2. The minimum atomic E-state index is -0.348. The lowest BCUT2D eigenvalue weighted by Gasteiger charge is -2.08. The highest BCUT2D eigenvalue weighted by molar-refractivity contribution is 5.93. The molecular weight excluding hydrogens is 425 g/mol. The standard InChI is InChI=1S/C24H22FN5O3/c1-29-21(15-20(27-29)18-5-3-4-6-22(18)33-2)24(32)26-13-14-30-23(31)12-11-19(28-30)16-7-9-17(25)10-8-16/h3-12,15H,13-14H2,1-2H3,(H,26,32). The average molecular weight is 447 g/mol. The molecule has 33 heavy (non-hydrogen) atoms. The number of benzene rings is 2. The van der Waals surface area contributed by atoms with E-state index < -0.39 is 0 Å². The van der Waals surface area contributed by atoms with Gasteiger partial charge in [0.15, 0.2) is 0 Å². The fraction of sp³-hybridized carbons (Fsp3) is 0.167. The highest BCUT2D eigenvalue weighted by Gasteiger charge is 2.16. The molecule has 0 bridgehead atoms. The molecule has 0 radical (unpaired) electrons. The van der Waals surface area contributed by atoms with E-state index in [0.717, 1.165) is 5.56 Å². The maximum absolute atomic E-state index is 13.2. The minimum Gasteiger partial charge on any atom is -0.496 e. The number of carbonyl (C=O) groups is 1. The van der Waals surface area contributed by atoms with E-state index >= 15 is 0 Å². The van der Waals surface area contributed by atoms with Gasteiger partial charge in [0.05, 0.1) is 25.0 Å². The van der Waals surface area contributed by atoms with Crippen molar-refractivity contribution in [1.82, 2.24) is 24.9 Å². The lowest BCUT2D eigenvalue weighted by Crippen LogP contribution is -2.32. The van der Waals surface area contributed by atoms with Crippen molar-refractivity contribution < 1.29 is 13.9 Å². The number of ether oxygens (including phenoxy) is 1. The Hall–Kier alpha value is -4.27. The van der Waals surface area contributed by atoms with Crippen LogP contribution < -0.4 is 15.6 Å². The van der Waals surface area contributed by atoms with Gasteiger partial charge in [-0.3, -0.25) is 14.3 Å². The highest BCUT2D eigenvalue weighted by atomic mass is 19.1. The third-order valence-electron chi connectivity index (χ3n) is 5.11. The Labute approximate surface area is 189 Å². The first-order chi connectivity index (χ1) is 16.0. The lowest BCUT2D eigenvalue weighted by molar-refractivity contribution is 0.0942. The van der Waals surface area contributed by atoms with Crippen molar-refractivity contribution in [3.8, 4) is 28.3 Å². The van der Waals surface area contributed by atoms with E-state index in [-0.39, 0.29) is 30.4 Å². The molecule has 0 saturated heterocycles. The van der Waals surface area contributed by atoms with Gasteiger partial charge in [-0.15, -0.1) is 0 Å². The molecule has 1 N–H and O–H groups in total. The number of nitrogens with zero attached hydrogens (tertiary/aromatic N) is 4. The predicted molar refractivity (Wildman–Crippen MR) is 121 cm³/mol. The first-order valence-electron chi connectivity index (χ1n) is 10.3. The Morgan fingerprint density at radius 1 is 1.03 bits per heavy atom. The lowest BCUT2D eigenvalue weighted by atomic mass is 10.1. The highest BCUT2D eigenvalue weighted by Crippen LogP contribution is 2.28. The van der Waals surface area contributed by atoms with E-state index in [1.54, 1.807) is 38.4 Å². The summed E-state index contributed by atoms with van der Waals surface area (Å²) in [6.07, 6.45) is 0. The molecule has 4 rings (SSSR count). The van der Waals surface area contributed by atoms with E-state index in [9.17, 15) is 14.0 Å². The van der Waals surface area contributed by atoms with Crippen LogP contribution in [0.3, 0.4) is 0 Å². The Bertz CT molecular complexity index is 1340. The summed E-state index contributed by atoms with van der Waals surface area (Å²) in [5.41, 5.74) is 2.69. The second kappa shape index (κ2) is 9.47. The first-order valence-corrected chi connectivity index (χ1v) is 10.3. The fourth-order valence-electron chi connectivity index (χ4n) is 3.42. The third kappa shape index (κ3) is 4.82. The molecule has 2 aromatic carbocycles. The van der Waals surface area contributed by atoms with Crippen molar-refractivity contribution in [2.45, 2.75) is 6.54 Å². The van der Waals surface area contributed by atoms with Crippen LogP contribution in [0.2, 0.25) is 0 Å². The Morgan fingerprint density at radius 2 is 1.79 bits per heavy atom. The fourth-order valence-corrected chi connectivity index (χ4v) is 3.42. The molecule has 9 heteroatoms. The van der Waals surface area contributed by atoms with Gasteiger partial charge >= 0.3 is 0 Å². The number of carbonyl (C=O) groups excluding carboxylic acids is 1. The van der Waals surface area contributed by atoms with Crippen LogP contribution in [0.25, 0.3) is 22.5 Å². The second-order valence-corrected chi connectivity index (χ2v) is 7.28. The number of hydrogen-bond acceptors (Lipinski definition) is 5. The maximum atomic E-state index is 13.2. The molecule has 8 nitrogen and oxygen atoms in total. The van der Waals surface area contributed by atoms with Gasteiger partial charge in [-0.2, -0.15) is 10.2 Å². The van der Waals surface area contributed by atoms with E-state index in [1.807, 2.05) is 24.3 Å². The average Bonchev–Trinajstić information content (AvgIpc) is 3.22. The first kappa shape index (κ1) is 21.9. The van der Waals surface area contributed by atoms with Gasteiger partial charge in [-0.25, -0.2) is 9.07 Å². The monoisotopic (exact) mass is 447 g/mol. The van der Waals surface area contributed by atoms with Crippen LogP contribution in [0.15, 0.2) is 71.5 Å². The van der Waals surface area contributed by atoms with Crippen molar-refractivity contribution in [3.05, 3.63) is 88.6 Å². The Kier molecular flexibility index (Phi) is 6.30. The number of aromatic nitrogens is 4. The van der Waals surface area contributed by atoms with Crippen LogP contribution >= 0.6 is 0 Å². The van der Waals surface area contributed by atoms with E-state index in [2.05, 4.69) is 15.5 Å². The second-order valence-electron chi connectivity index (χ2n) is 7.28. The van der Waals surface area contributed by atoms with Crippen molar-refractivity contribution in [1.29, 1.82) is 0 Å². The van der Waals surface area contributed by atoms with Crippen molar-refractivity contribution in [3.63, 3.8) is 0 Å². The molecule has 0 fully saturated rings. The minimum absolute atomic E-state index is 0.177. The smallest absolute Gasteiger partial charge is 0.269 e. The summed E-state index contributed by atoms with van der Waals surface area (Å²) < 4.78 is 21.3. The summed E-state index contributed by atoms with van der Waals surface area (Å²) in [6.45, 7) is 0.366. The third-order valence-corrected chi connectivity index (χ3v) is 5.11. The largest absolute Gasteiger partial charge is 0.496 e. The summed E-state index contributed by atoms with van der Waals surface area (Å²) in [5, 5.41) is 11.5. The molecule has 0 spiro atoms. The molecule has 0 aliphatic heterocycles. The number of nitrogens with one attached hydrogen (secondary N) is 1. The summed E-state index contributed by atoms with van der Waals surface area (Å²) in [6, 6.07) is 18.0. The molecule has 0 unspecified atom stereocenters. The van der Waals surface area contributed by atoms with Crippen LogP contribution in [0, 0.1) is 5.82 Å². The van der Waals surface area contributed by atoms with Gasteiger partial charge in [0.1, 0.15) is 17.3 Å². The number of para-hydroxylation sites is 1. The van der Waals surface area contributed by atoms with E-state index in [1.165, 1.54) is 27.6 Å². The summed E-state index contributed by atoms with van der Waals surface area (Å²) in [5.74, 6) is -0.0123. The van der Waals surface area contributed by atoms with Crippen LogP contribution in [-0.4, -0.2) is 39.1 Å². The van der Waals surface area contributed by atoms with Gasteiger partial charge in [0.2, 0.25) is 0 Å². The molecule has 2 aromatic heterocycles. The van der Waals surface area contributed by atoms with E-state index in [4.69, 9.17) is 4.74 Å². The number of aryl methyl sites for hydroxylation is 1. The number of hydrogen-bond donors (Lipinski definition) is 1. The Balaban J connectivity index is 1.45. The number of rotatable bonds is 7. The van der Waals surface area contributed by atoms with Crippen LogP contribution in [0.4, 0.5) is 4.39 Å². The zero-order chi connectivity index (χ0) is 23.4. The predicted octanol–water partition coefficient (Wildman–Crippen LogP) is 2.89. The molecule has 4 aromatic rings. The SMILES string of the molecule is COc1ccccc1-c1cc(C(=O)NCCn2nc(-c3ccc(F)cc3)ccc2=O)n(C)n1. The summed E-state index contributed by atoms with van der Waals surface area (Å²) in [4.78, 5) is 24.9. The summed E-state index contributed by atoms with van der Waals surface area (Å²) >= 11 is 0. The van der Waals surface area contributed by atoms with Crippen LogP contribution in [0.5, 0.6) is 5.75 Å². The van der Waals surface area contributed by atoms with Crippen molar-refractivity contribution in [2.75, 3.05) is 13.7 Å². The zero-order valence-corrected chi connectivity index (χ0v) is 18.2. The Morgan fingerprint density at radius 3 is 2.55 bits per heavy atom. The van der Waals surface area contributed by atoms with Gasteiger partial charge in [-0.1, -0.05) is 12.1 Å². The van der Waals surface area contributed by atoms with Crippen molar-refractivity contribution >= 4 is 5.91 Å². The van der Waals surface area contributed by atoms with Crippen LogP contribution in [-0.2, 0) is 13.6 Å². The number of amides is 1. The van der Waals surface area contributed by atoms with Crippen LogP contribution in [0.1, 0.15) is 10.5 Å². The maximum Gasteiger partial charge on any atom is 0.269 e. The molecule has 0 aliphatic carbocycles. The van der Waals surface area contributed by atoms with Gasteiger partial charge in [-0.05, 0) is 48.5 Å². The molecule has 2 heterocycles. The van der Waals surface area contributed by atoms with Gasteiger partial charge in [0, 0.05) is 30.8 Å². The topological polar surface area (TPSA) is 91.0 Å². The molecular formula is C24H22FN5O3. The van der Waals surface area contributed by atoms with Gasteiger partial charge < -0.3 is 10.1 Å². The molecule has 0 atom stereocenters. The number of methoxy groups -OCH3 is 1. The molecule has 0 saturated carbocycles. The van der Waals surface area contributed by atoms with E-state index in [0.29, 0.717) is 28.4 Å². The molecule has 1 amide bonds. The quantitative estimate of drug-likeness (QED) is 0.471. The molecule has 0 aliphatic rings. The number of halogens is 1. The van der Waals surface area contributed by atoms with Gasteiger partial charge in [0.25, 0.3) is 11.5 Å². The van der Waals surface area contributed by atoms with Crippen molar-refractivity contribution in [2.24, 2.45) is 7.05 Å². The molecule has 168 valence electrons. The normalized spacial score (nSPS) is 10.8. The summed E-state index contributed by atoms with van der Waals surface area (Å²) in [7, 11) is 3.27.